The van der Waals surface area contributed by atoms with Gasteiger partial charge in [0.15, 0.2) is 0 Å². The van der Waals surface area contributed by atoms with Gasteiger partial charge in [-0.15, -0.1) is 0 Å². The Morgan fingerprint density at radius 1 is 1.67 bits per heavy atom. The van der Waals surface area contributed by atoms with Gasteiger partial charge < -0.3 is 16.0 Å². The van der Waals surface area contributed by atoms with Gasteiger partial charge in [0.1, 0.15) is 12.2 Å². The fourth-order valence-electron chi connectivity index (χ4n) is 1.71. The molecule has 0 bridgehead atoms. The molecule has 0 aliphatic carbocycles. The van der Waals surface area contributed by atoms with E-state index in [2.05, 4.69) is 15.3 Å². The van der Waals surface area contributed by atoms with E-state index in [1.807, 2.05) is 0 Å². The number of nitrogens with one attached hydrogen (secondary N) is 1. The van der Waals surface area contributed by atoms with E-state index in [4.69, 9.17) is 5.73 Å². The molecular weight excluding hydrogens is 240 g/mol. The van der Waals surface area contributed by atoms with Gasteiger partial charge >= 0.3 is 5.69 Å². The first-order valence-corrected chi connectivity index (χ1v) is 5.27. The average molecular weight is 252 g/mol. The molecule has 2 heterocycles. The van der Waals surface area contributed by atoms with Gasteiger partial charge in [0, 0.05) is 13.6 Å². The normalized spacial score (nSPS) is 19.1. The molecule has 1 aliphatic heterocycles. The number of anilines is 2. The van der Waals surface area contributed by atoms with Gasteiger partial charge in [-0.1, -0.05) is 0 Å². The number of likely N-dealkylation sites (N-methyl/N-ethyl adjacent to an activating group) is 1. The number of hydrogen-bond acceptors (Lipinski definition) is 7. The summed E-state index contributed by atoms with van der Waals surface area (Å²) < 4.78 is 0. The number of carbonyl (C=O) groups excluding carboxylic acids is 1. The number of nitrogens with zero attached hydrogens (tertiary/aromatic N) is 4. The third-order valence-electron chi connectivity index (χ3n) is 2.73. The SMILES string of the molecule is CN1CCC(Nc2ncc([N+](=O)[O-])c(N)n2)C1=O. The predicted octanol–water partition coefficient (Wildman–Crippen LogP) is -0.390. The van der Waals surface area contributed by atoms with Crippen molar-refractivity contribution < 1.29 is 9.72 Å². The largest absolute Gasteiger partial charge is 0.378 e. The van der Waals surface area contributed by atoms with Crippen LogP contribution in [-0.4, -0.2) is 45.3 Å². The minimum absolute atomic E-state index is 0.0597. The molecule has 1 atom stereocenters. The molecule has 0 spiro atoms. The van der Waals surface area contributed by atoms with Crippen LogP contribution in [0, 0.1) is 10.1 Å². The first-order chi connectivity index (χ1) is 8.49. The Hall–Kier alpha value is -2.45. The number of rotatable bonds is 3. The Kier molecular flexibility index (Phi) is 2.96. The molecule has 1 aromatic heterocycles. The zero-order valence-electron chi connectivity index (χ0n) is 9.66. The molecule has 3 N–H and O–H groups in total. The summed E-state index contributed by atoms with van der Waals surface area (Å²) in [5.74, 6) is -0.168. The fraction of sp³-hybridized carbons (Fsp3) is 0.444. The number of likely N-dealkylation sites (tertiary alicyclic amines) is 1. The lowest BCUT2D eigenvalue weighted by Gasteiger charge is -2.11. The molecule has 0 aromatic carbocycles. The van der Waals surface area contributed by atoms with E-state index in [9.17, 15) is 14.9 Å². The van der Waals surface area contributed by atoms with Crippen LogP contribution in [0.1, 0.15) is 6.42 Å². The van der Waals surface area contributed by atoms with Crippen molar-refractivity contribution in [2.45, 2.75) is 12.5 Å². The van der Waals surface area contributed by atoms with Crippen LogP contribution in [0.5, 0.6) is 0 Å². The number of nitrogens with two attached hydrogens (primary N) is 1. The fourth-order valence-corrected chi connectivity index (χ4v) is 1.71. The molecule has 1 unspecified atom stereocenters. The van der Waals surface area contributed by atoms with Crippen molar-refractivity contribution in [1.82, 2.24) is 14.9 Å². The van der Waals surface area contributed by atoms with Gasteiger partial charge in [-0.25, -0.2) is 4.98 Å². The van der Waals surface area contributed by atoms with Crippen molar-refractivity contribution in [2.24, 2.45) is 0 Å². The Bertz CT molecular complexity index is 505. The number of nitro groups is 1. The summed E-state index contributed by atoms with van der Waals surface area (Å²) >= 11 is 0. The quantitative estimate of drug-likeness (QED) is 0.553. The van der Waals surface area contributed by atoms with Crippen LogP contribution in [-0.2, 0) is 4.79 Å². The molecule has 0 saturated carbocycles. The highest BCUT2D eigenvalue weighted by Gasteiger charge is 2.29. The van der Waals surface area contributed by atoms with E-state index in [1.54, 1.807) is 11.9 Å². The summed E-state index contributed by atoms with van der Waals surface area (Å²) in [5.41, 5.74) is 5.08. The molecule has 18 heavy (non-hydrogen) atoms. The van der Waals surface area contributed by atoms with Crippen molar-refractivity contribution >= 4 is 23.4 Å². The van der Waals surface area contributed by atoms with Crippen molar-refractivity contribution in [1.29, 1.82) is 0 Å². The van der Waals surface area contributed by atoms with E-state index < -0.39 is 11.0 Å². The van der Waals surface area contributed by atoms with Gasteiger partial charge in [-0.2, -0.15) is 4.98 Å². The molecule has 1 fully saturated rings. The number of carbonyl (C=O) groups is 1. The van der Waals surface area contributed by atoms with Crippen LogP contribution < -0.4 is 11.1 Å². The van der Waals surface area contributed by atoms with E-state index in [1.165, 1.54) is 0 Å². The Morgan fingerprint density at radius 3 is 2.89 bits per heavy atom. The number of aromatic nitrogens is 2. The molecule has 1 amide bonds. The standard InChI is InChI=1S/C9H12N6O3/c1-14-3-2-5(8(14)16)12-9-11-4-6(15(17)18)7(10)13-9/h4-5H,2-3H2,1H3,(H3,10,11,12,13). The van der Waals surface area contributed by atoms with Crippen molar-refractivity contribution in [3.05, 3.63) is 16.3 Å². The second-order valence-electron chi connectivity index (χ2n) is 3.97. The number of hydrogen-bond donors (Lipinski definition) is 2. The minimum atomic E-state index is -0.659. The second-order valence-corrected chi connectivity index (χ2v) is 3.97. The summed E-state index contributed by atoms with van der Waals surface area (Å²) in [7, 11) is 1.70. The molecule has 1 aromatic rings. The minimum Gasteiger partial charge on any atom is -0.378 e. The van der Waals surface area contributed by atoms with Crippen LogP contribution >= 0.6 is 0 Å². The lowest BCUT2D eigenvalue weighted by molar-refractivity contribution is -0.384. The van der Waals surface area contributed by atoms with Gasteiger partial charge in [-0.3, -0.25) is 14.9 Å². The molecule has 9 nitrogen and oxygen atoms in total. The lowest BCUT2D eigenvalue weighted by Crippen LogP contribution is -2.31. The van der Waals surface area contributed by atoms with Crippen molar-refractivity contribution in [2.75, 3.05) is 24.6 Å². The van der Waals surface area contributed by atoms with Crippen LogP contribution in [0.3, 0.4) is 0 Å². The van der Waals surface area contributed by atoms with Crippen LogP contribution in [0.4, 0.5) is 17.5 Å². The van der Waals surface area contributed by atoms with Crippen molar-refractivity contribution in [3.8, 4) is 0 Å². The van der Waals surface area contributed by atoms with Gasteiger partial charge in [0.2, 0.25) is 17.7 Å². The molecule has 96 valence electrons. The highest BCUT2D eigenvalue weighted by molar-refractivity contribution is 5.86. The third kappa shape index (κ3) is 2.14. The first-order valence-electron chi connectivity index (χ1n) is 5.27. The predicted molar refractivity (Wildman–Crippen MR) is 62.8 cm³/mol. The zero-order chi connectivity index (χ0) is 13.3. The molecule has 1 saturated heterocycles. The van der Waals surface area contributed by atoms with Crippen LogP contribution in [0.2, 0.25) is 0 Å². The number of nitrogen functional groups attached to an aromatic ring is 1. The van der Waals surface area contributed by atoms with E-state index in [0.717, 1.165) is 6.20 Å². The summed E-state index contributed by atoms with van der Waals surface area (Å²) in [5, 5.41) is 13.3. The maximum atomic E-state index is 11.6. The lowest BCUT2D eigenvalue weighted by atomic mass is 10.2. The van der Waals surface area contributed by atoms with Gasteiger partial charge in [0.25, 0.3) is 0 Å². The van der Waals surface area contributed by atoms with Crippen LogP contribution in [0.15, 0.2) is 6.20 Å². The summed E-state index contributed by atoms with van der Waals surface area (Å²) in [6.07, 6.45) is 1.66. The summed E-state index contributed by atoms with van der Waals surface area (Å²) in [6.45, 7) is 0.652. The number of amides is 1. The Labute approximate surface area is 102 Å². The summed E-state index contributed by atoms with van der Waals surface area (Å²) in [4.78, 5) is 30.6. The maximum absolute atomic E-state index is 11.6. The molecule has 0 radical (unpaired) electrons. The van der Waals surface area contributed by atoms with E-state index >= 15 is 0 Å². The molecule has 1 aliphatic rings. The zero-order valence-corrected chi connectivity index (χ0v) is 9.66. The second kappa shape index (κ2) is 4.43. The Morgan fingerprint density at radius 2 is 2.39 bits per heavy atom. The van der Waals surface area contributed by atoms with Crippen molar-refractivity contribution in [3.63, 3.8) is 0 Å². The van der Waals surface area contributed by atoms with Gasteiger partial charge in [0.05, 0.1) is 4.92 Å². The van der Waals surface area contributed by atoms with E-state index in [-0.39, 0.29) is 23.4 Å². The van der Waals surface area contributed by atoms with E-state index in [0.29, 0.717) is 13.0 Å². The smallest absolute Gasteiger partial charge is 0.329 e. The summed E-state index contributed by atoms with van der Waals surface area (Å²) in [6, 6.07) is -0.407. The average Bonchev–Trinajstić information content (AvgIpc) is 2.61. The molecular formula is C9H12N6O3. The van der Waals surface area contributed by atoms with Gasteiger partial charge in [-0.05, 0) is 6.42 Å². The highest BCUT2D eigenvalue weighted by Crippen LogP contribution is 2.20. The highest BCUT2D eigenvalue weighted by atomic mass is 16.6. The third-order valence-corrected chi connectivity index (χ3v) is 2.73. The maximum Gasteiger partial charge on any atom is 0.329 e. The molecule has 2 rings (SSSR count). The monoisotopic (exact) mass is 252 g/mol. The van der Waals surface area contributed by atoms with Crippen LogP contribution in [0.25, 0.3) is 0 Å². The first kappa shape index (κ1) is 12.0. The molecule has 9 heteroatoms. The topological polar surface area (TPSA) is 127 Å². The Balaban J connectivity index is 2.14.